The number of nitrogens with two attached hydrogens (primary N) is 1. The summed E-state index contributed by atoms with van der Waals surface area (Å²) in [6.07, 6.45) is 2.86. The third kappa shape index (κ3) is 1.80. The Morgan fingerprint density at radius 3 is 3.07 bits per heavy atom. The predicted octanol–water partition coefficient (Wildman–Crippen LogP) is 1.02. The van der Waals surface area contributed by atoms with E-state index in [9.17, 15) is 4.79 Å². The van der Waals surface area contributed by atoms with Gasteiger partial charge in [0.1, 0.15) is 0 Å². The Morgan fingerprint density at radius 1 is 1.57 bits per heavy atom. The largest absolute Gasteiger partial charge is 0.438 e. The van der Waals surface area contributed by atoms with Crippen molar-refractivity contribution in [3.8, 4) is 0 Å². The number of rotatable bonds is 2. The lowest BCUT2D eigenvalue weighted by Gasteiger charge is -2.30. The summed E-state index contributed by atoms with van der Waals surface area (Å²) in [5.41, 5.74) is 5.85. The van der Waals surface area contributed by atoms with Gasteiger partial charge < -0.3 is 15.1 Å². The van der Waals surface area contributed by atoms with Crippen molar-refractivity contribution in [1.29, 1.82) is 0 Å². The standard InChI is InChI=1S/C10H14N2O2/c11-8-2-1-5-12(6-8)10-4-3-9(7-13)14-10/h3-4,7-8H,1-2,5-6,11H2. The van der Waals surface area contributed by atoms with E-state index in [4.69, 9.17) is 10.2 Å². The molecule has 2 rings (SSSR count). The highest BCUT2D eigenvalue weighted by Gasteiger charge is 2.19. The molecule has 4 heteroatoms. The zero-order chi connectivity index (χ0) is 9.97. The van der Waals surface area contributed by atoms with Crippen molar-refractivity contribution < 1.29 is 9.21 Å². The van der Waals surface area contributed by atoms with E-state index in [0.717, 1.165) is 31.8 Å². The van der Waals surface area contributed by atoms with Crippen molar-refractivity contribution in [3.63, 3.8) is 0 Å². The third-order valence-corrected chi connectivity index (χ3v) is 2.50. The second-order valence-electron chi connectivity index (χ2n) is 3.64. The quantitative estimate of drug-likeness (QED) is 0.714. The number of furan rings is 1. The van der Waals surface area contributed by atoms with Crippen LogP contribution in [0.25, 0.3) is 0 Å². The molecule has 1 atom stereocenters. The average molecular weight is 194 g/mol. The molecule has 1 aromatic rings. The minimum Gasteiger partial charge on any atom is -0.438 e. The molecule has 2 heterocycles. The first-order chi connectivity index (χ1) is 6.79. The lowest BCUT2D eigenvalue weighted by molar-refractivity contribution is 0.110. The van der Waals surface area contributed by atoms with Gasteiger partial charge in [0.05, 0.1) is 0 Å². The first kappa shape index (κ1) is 9.27. The van der Waals surface area contributed by atoms with E-state index in [1.807, 2.05) is 6.07 Å². The van der Waals surface area contributed by atoms with Crippen molar-refractivity contribution in [2.24, 2.45) is 5.73 Å². The van der Waals surface area contributed by atoms with Crippen LogP contribution < -0.4 is 10.6 Å². The number of nitrogens with zero attached hydrogens (tertiary/aromatic N) is 1. The second-order valence-corrected chi connectivity index (χ2v) is 3.64. The maximum absolute atomic E-state index is 10.4. The minimum absolute atomic E-state index is 0.216. The van der Waals surface area contributed by atoms with E-state index in [-0.39, 0.29) is 6.04 Å². The zero-order valence-electron chi connectivity index (χ0n) is 7.98. The van der Waals surface area contributed by atoms with E-state index in [0.29, 0.717) is 12.0 Å². The van der Waals surface area contributed by atoms with Gasteiger partial charge in [-0.05, 0) is 18.9 Å². The van der Waals surface area contributed by atoms with Crippen molar-refractivity contribution in [2.75, 3.05) is 18.0 Å². The maximum atomic E-state index is 10.4. The highest BCUT2D eigenvalue weighted by atomic mass is 16.4. The van der Waals surface area contributed by atoms with Gasteiger partial charge in [-0.15, -0.1) is 0 Å². The van der Waals surface area contributed by atoms with Crippen molar-refractivity contribution in [1.82, 2.24) is 0 Å². The topological polar surface area (TPSA) is 59.5 Å². The highest BCUT2D eigenvalue weighted by molar-refractivity contribution is 5.71. The molecule has 0 bridgehead atoms. The molecular weight excluding hydrogens is 180 g/mol. The Balaban J connectivity index is 2.09. The molecule has 14 heavy (non-hydrogen) atoms. The predicted molar refractivity (Wildman–Crippen MR) is 53.5 cm³/mol. The van der Waals surface area contributed by atoms with E-state index in [2.05, 4.69) is 4.90 Å². The molecule has 1 aromatic heterocycles. The summed E-state index contributed by atoms with van der Waals surface area (Å²) in [5, 5.41) is 0. The molecule has 1 aliphatic heterocycles. The van der Waals surface area contributed by atoms with Crippen LogP contribution in [0.5, 0.6) is 0 Å². The Hall–Kier alpha value is -1.29. The molecule has 1 unspecified atom stereocenters. The van der Waals surface area contributed by atoms with Gasteiger partial charge in [0, 0.05) is 25.2 Å². The van der Waals surface area contributed by atoms with Gasteiger partial charge in [-0.25, -0.2) is 0 Å². The molecule has 0 aromatic carbocycles. The Bertz CT molecular complexity index is 322. The molecule has 0 spiro atoms. The fourth-order valence-corrected chi connectivity index (χ4v) is 1.79. The van der Waals surface area contributed by atoms with Crippen LogP contribution in [-0.2, 0) is 0 Å². The van der Waals surface area contributed by atoms with Gasteiger partial charge in [0.15, 0.2) is 17.9 Å². The Kier molecular flexibility index (Phi) is 2.54. The molecule has 76 valence electrons. The van der Waals surface area contributed by atoms with Crippen LogP contribution in [0.15, 0.2) is 16.5 Å². The number of hydrogen-bond acceptors (Lipinski definition) is 4. The summed E-state index contributed by atoms with van der Waals surface area (Å²) in [6, 6.07) is 3.72. The SMILES string of the molecule is NC1CCCN(c2ccc(C=O)o2)C1. The maximum Gasteiger partial charge on any atom is 0.196 e. The fraction of sp³-hybridized carbons (Fsp3) is 0.500. The molecule has 1 saturated heterocycles. The minimum atomic E-state index is 0.216. The molecule has 1 fully saturated rings. The summed E-state index contributed by atoms with van der Waals surface area (Å²) < 4.78 is 5.32. The van der Waals surface area contributed by atoms with Crippen LogP contribution in [0.3, 0.4) is 0 Å². The third-order valence-electron chi connectivity index (χ3n) is 2.50. The highest BCUT2D eigenvalue weighted by Crippen LogP contribution is 2.21. The number of anilines is 1. The van der Waals surface area contributed by atoms with Gasteiger partial charge in [-0.1, -0.05) is 0 Å². The summed E-state index contributed by atoms with van der Waals surface area (Å²) in [4.78, 5) is 12.5. The lowest BCUT2D eigenvalue weighted by Crippen LogP contribution is -2.42. The van der Waals surface area contributed by atoms with Gasteiger partial charge >= 0.3 is 0 Å². The van der Waals surface area contributed by atoms with Crippen LogP contribution in [-0.4, -0.2) is 25.4 Å². The van der Waals surface area contributed by atoms with Crippen molar-refractivity contribution in [3.05, 3.63) is 17.9 Å². The number of carbonyl (C=O) groups excluding carboxylic acids is 1. The molecule has 4 nitrogen and oxygen atoms in total. The molecular formula is C10H14N2O2. The summed E-state index contributed by atoms with van der Waals surface area (Å²) in [5.74, 6) is 1.13. The molecule has 1 aliphatic rings. The summed E-state index contributed by atoms with van der Waals surface area (Å²) in [6.45, 7) is 1.77. The van der Waals surface area contributed by atoms with E-state index >= 15 is 0 Å². The fourth-order valence-electron chi connectivity index (χ4n) is 1.79. The lowest BCUT2D eigenvalue weighted by atomic mass is 10.1. The molecule has 0 saturated carbocycles. The average Bonchev–Trinajstić information content (AvgIpc) is 2.66. The second kappa shape index (κ2) is 3.84. The van der Waals surface area contributed by atoms with Crippen LogP contribution in [0.4, 0.5) is 5.88 Å². The van der Waals surface area contributed by atoms with Gasteiger partial charge in [0.25, 0.3) is 0 Å². The Labute approximate surface area is 82.7 Å². The van der Waals surface area contributed by atoms with E-state index in [1.54, 1.807) is 6.07 Å². The molecule has 0 aliphatic carbocycles. The van der Waals surface area contributed by atoms with E-state index in [1.165, 1.54) is 0 Å². The Morgan fingerprint density at radius 2 is 2.43 bits per heavy atom. The zero-order valence-corrected chi connectivity index (χ0v) is 7.98. The molecule has 2 N–H and O–H groups in total. The van der Waals surface area contributed by atoms with Crippen LogP contribution in [0, 0.1) is 0 Å². The number of aldehydes is 1. The smallest absolute Gasteiger partial charge is 0.196 e. The molecule has 0 amide bonds. The first-order valence-electron chi connectivity index (χ1n) is 4.85. The van der Waals surface area contributed by atoms with Gasteiger partial charge in [-0.3, -0.25) is 4.79 Å². The molecule has 0 radical (unpaired) electrons. The normalized spacial score (nSPS) is 22.4. The van der Waals surface area contributed by atoms with Gasteiger partial charge in [0.2, 0.25) is 0 Å². The number of piperidine rings is 1. The number of carbonyl (C=O) groups is 1. The van der Waals surface area contributed by atoms with Gasteiger partial charge in [-0.2, -0.15) is 0 Å². The van der Waals surface area contributed by atoms with Crippen LogP contribution in [0.2, 0.25) is 0 Å². The number of hydrogen-bond donors (Lipinski definition) is 1. The van der Waals surface area contributed by atoms with Crippen molar-refractivity contribution in [2.45, 2.75) is 18.9 Å². The monoisotopic (exact) mass is 194 g/mol. The van der Waals surface area contributed by atoms with Crippen LogP contribution >= 0.6 is 0 Å². The van der Waals surface area contributed by atoms with Crippen molar-refractivity contribution >= 4 is 12.2 Å². The van der Waals surface area contributed by atoms with E-state index < -0.39 is 0 Å². The summed E-state index contributed by atoms with van der Waals surface area (Å²) in [7, 11) is 0. The first-order valence-corrected chi connectivity index (χ1v) is 4.85. The van der Waals surface area contributed by atoms with Crippen LogP contribution in [0.1, 0.15) is 23.4 Å². The summed E-state index contributed by atoms with van der Waals surface area (Å²) >= 11 is 0.